The van der Waals surface area contributed by atoms with Gasteiger partial charge in [0.2, 0.25) is 0 Å². The van der Waals surface area contributed by atoms with Gasteiger partial charge in [-0.25, -0.2) is 0 Å². The fourth-order valence-electron chi connectivity index (χ4n) is 3.53. The van der Waals surface area contributed by atoms with Crippen LogP contribution >= 0.6 is 22.6 Å². The van der Waals surface area contributed by atoms with Gasteiger partial charge in [0.05, 0.1) is 19.8 Å². The van der Waals surface area contributed by atoms with Crippen LogP contribution < -0.4 is 0 Å². The molecular formula is C16H20INO3. The van der Waals surface area contributed by atoms with E-state index in [0.717, 1.165) is 32.4 Å². The van der Waals surface area contributed by atoms with Crippen molar-refractivity contribution in [2.24, 2.45) is 0 Å². The Kier molecular flexibility index (Phi) is 4.51. The number of carbonyl (C=O) groups excluding carboxylic acids is 1. The van der Waals surface area contributed by atoms with Crippen molar-refractivity contribution in [3.63, 3.8) is 0 Å². The zero-order chi connectivity index (χ0) is 14.9. The number of benzene rings is 1. The zero-order valence-corrected chi connectivity index (χ0v) is 14.3. The fourth-order valence-corrected chi connectivity index (χ4v) is 3.89. The van der Waals surface area contributed by atoms with Crippen molar-refractivity contribution in [2.45, 2.75) is 37.5 Å². The molecule has 0 amide bonds. The molecule has 4 nitrogen and oxygen atoms in total. The summed E-state index contributed by atoms with van der Waals surface area (Å²) in [6.07, 6.45) is 2.83. The smallest absolute Gasteiger partial charge is 0.326 e. The van der Waals surface area contributed by atoms with Crippen molar-refractivity contribution in [3.05, 3.63) is 33.4 Å². The van der Waals surface area contributed by atoms with Crippen LogP contribution in [0.25, 0.3) is 0 Å². The van der Waals surface area contributed by atoms with Gasteiger partial charge in [-0.05, 0) is 59.7 Å². The molecule has 2 fully saturated rings. The summed E-state index contributed by atoms with van der Waals surface area (Å²) in [4.78, 5) is 14.4. The minimum absolute atomic E-state index is 0.0969. The molecule has 0 aromatic heterocycles. The summed E-state index contributed by atoms with van der Waals surface area (Å²) in [6, 6.07) is 8.35. The first-order valence-corrected chi connectivity index (χ1v) is 8.41. The molecule has 21 heavy (non-hydrogen) atoms. The van der Waals surface area contributed by atoms with E-state index in [1.54, 1.807) is 0 Å². The molecule has 0 N–H and O–H groups in total. The Balaban J connectivity index is 1.61. The molecule has 2 saturated heterocycles. The molecule has 3 rings (SSSR count). The van der Waals surface area contributed by atoms with E-state index in [-0.39, 0.29) is 12.1 Å². The van der Waals surface area contributed by atoms with Gasteiger partial charge in [0.1, 0.15) is 5.54 Å². The predicted octanol–water partition coefficient (Wildman–Crippen LogP) is 2.59. The number of ether oxygens (including phenoxy) is 2. The van der Waals surface area contributed by atoms with E-state index >= 15 is 0 Å². The maximum atomic E-state index is 12.2. The highest BCUT2D eigenvalue weighted by Gasteiger charge is 2.54. The third-order valence-electron chi connectivity index (χ3n) is 4.58. The molecule has 2 atom stereocenters. The molecular weight excluding hydrogens is 381 g/mol. The average Bonchev–Trinajstić information content (AvgIpc) is 3.03. The third-order valence-corrected chi connectivity index (χ3v) is 5.30. The Morgan fingerprint density at radius 3 is 2.90 bits per heavy atom. The molecule has 1 aromatic rings. The lowest BCUT2D eigenvalue weighted by Crippen LogP contribution is -2.46. The highest BCUT2D eigenvalue weighted by atomic mass is 127. The van der Waals surface area contributed by atoms with Crippen LogP contribution in [-0.4, -0.2) is 42.7 Å². The van der Waals surface area contributed by atoms with Crippen LogP contribution in [0.2, 0.25) is 0 Å². The van der Waals surface area contributed by atoms with Crippen LogP contribution in [0, 0.1) is 3.57 Å². The molecule has 114 valence electrons. The molecule has 0 spiro atoms. The van der Waals surface area contributed by atoms with E-state index in [4.69, 9.17) is 9.47 Å². The van der Waals surface area contributed by atoms with Crippen LogP contribution in [-0.2, 0) is 20.9 Å². The first kappa shape index (κ1) is 15.2. The highest BCUT2D eigenvalue weighted by Crippen LogP contribution is 2.41. The van der Waals surface area contributed by atoms with E-state index in [1.165, 1.54) is 16.2 Å². The SMILES string of the molecule is COC(=O)[C@@]12CCCN1C[C@@H](OCc1ccc(I)cc1)C2. The lowest BCUT2D eigenvalue weighted by atomic mass is 9.93. The average molecular weight is 401 g/mol. The molecule has 2 aliphatic rings. The minimum Gasteiger partial charge on any atom is -0.468 e. The second kappa shape index (κ2) is 6.22. The second-order valence-corrected chi connectivity index (χ2v) is 7.08. The summed E-state index contributed by atoms with van der Waals surface area (Å²) in [5.74, 6) is -0.0969. The minimum atomic E-state index is -0.425. The van der Waals surface area contributed by atoms with Crippen molar-refractivity contribution in [1.29, 1.82) is 0 Å². The monoisotopic (exact) mass is 401 g/mol. The van der Waals surface area contributed by atoms with E-state index < -0.39 is 5.54 Å². The van der Waals surface area contributed by atoms with Gasteiger partial charge in [0.15, 0.2) is 0 Å². The van der Waals surface area contributed by atoms with Gasteiger partial charge in [-0.3, -0.25) is 9.69 Å². The number of methoxy groups -OCH3 is 1. The third kappa shape index (κ3) is 2.96. The van der Waals surface area contributed by atoms with Crippen LogP contribution in [0.3, 0.4) is 0 Å². The number of hydrogen-bond donors (Lipinski definition) is 0. The molecule has 0 radical (unpaired) electrons. The summed E-state index contributed by atoms with van der Waals surface area (Å²) in [7, 11) is 1.48. The van der Waals surface area contributed by atoms with Crippen LogP contribution in [0.1, 0.15) is 24.8 Å². The first-order valence-electron chi connectivity index (χ1n) is 7.33. The van der Waals surface area contributed by atoms with Gasteiger partial charge in [0, 0.05) is 16.5 Å². The van der Waals surface area contributed by atoms with E-state index in [2.05, 4.69) is 51.8 Å². The quantitative estimate of drug-likeness (QED) is 0.575. The van der Waals surface area contributed by atoms with E-state index in [0.29, 0.717) is 6.61 Å². The summed E-state index contributed by atoms with van der Waals surface area (Å²) in [5, 5.41) is 0. The van der Waals surface area contributed by atoms with Crippen LogP contribution in [0.4, 0.5) is 0 Å². The maximum Gasteiger partial charge on any atom is 0.326 e. The Morgan fingerprint density at radius 2 is 2.19 bits per heavy atom. The number of nitrogens with zero attached hydrogens (tertiary/aromatic N) is 1. The summed E-state index contributed by atoms with van der Waals surface area (Å²) < 4.78 is 12.3. The topological polar surface area (TPSA) is 38.8 Å². The van der Waals surface area contributed by atoms with Gasteiger partial charge in [-0.15, -0.1) is 0 Å². The molecule has 0 saturated carbocycles. The van der Waals surface area contributed by atoms with Crippen molar-refractivity contribution < 1.29 is 14.3 Å². The zero-order valence-electron chi connectivity index (χ0n) is 12.2. The van der Waals surface area contributed by atoms with Gasteiger partial charge >= 0.3 is 5.97 Å². The number of carbonyl (C=O) groups is 1. The van der Waals surface area contributed by atoms with Gasteiger partial charge in [0.25, 0.3) is 0 Å². The van der Waals surface area contributed by atoms with Crippen molar-refractivity contribution in [1.82, 2.24) is 4.90 Å². The molecule has 0 unspecified atom stereocenters. The van der Waals surface area contributed by atoms with Gasteiger partial charge in [-0.2, -0.15) is 0 Å². The molecule has 2 heterocycles. The fraction of sp³-hybridized carbons (Fsp3) is 0.562. The lowest BCUT2D eigenvalue weighted by molar-refractivity contribution is -0.152. The summed E-state index contributed by atoms with van der Waals surface area (Å²) >= 11 is 2.30. The maximum absolute atomic E-state index is 12.2. The predicted molar refractivity (Wildman–Crippen MR) is 87.9 cm³/mol. The molecule has 5 heteroatoms. The molecule has 2 aliphatic heterocycles. The Bertz CT molecular complexity index is 519. The van der Waals surface area contributed by atoms with Crippen molar-refractivity contribution in [3.8, 4) is 0 Å². The van der Waals surface area contributed by atoms with Crippen LogP contribution in [0.5, 0.6) is 0 Å². The van der Waals surface area contributed by atoms with Crippen molar-refractivity contribution in [2.75, 3.05) is 20.2 Å². The number of halogens is 1. The molecule has 0 bridgehead atoms. The molecule has 0 aliphatic carbocycles. The summed E-state index contributed by atoms with van der Waals surface area (Å²) in [6.45, 7) is 2.41. The largest absolute Gasteiger partial charge is 0.468 e. The Hall–Kier alpha value is -0.660. The first-order chi connectivity index (χ1) is 10.1. The normalized spacial score (nSPS) is 28.6. The Morgan fingerprint density at radius 1 is 1.43 bits per heavy atom. The van der Waals surface area contributed by atoms with Crippen LogP contribution in [0.15, 0.2) is 24.3 Å². The second-order valence-electron chi connectivity index (χ2n) is 5.84. The Labute approximate surface area is 138 Å². The number of hydrogen-bond acceptors (Lipinski definition) is 4. The highest BCUT2D eigenvalue weighted by molar-refractivity contribution is 14.1. The lowest BCUT2D eigenvalue weighted by Gasteiger charge is -2.27. The van der Waals surface area contributed by atoms with Gasteiger partial charge < -0.3 is 9.47 Å². The van der Waals surface area contributed by atoms with E-state index in [9.17, 15) is 4.79 Å². The molecule has 1 aromatic carbocycles. The number of rotatable bonds is 4. The number of fused-ring (bicyclic) bond motifs is 1. The van der Waals surface area contributed by atoms with Crippen molar-refractivity contribution >= 4 is 28.6 Å². The van der Waals surface area contributed by atoms with E-state index in [1.807, 2.05) is 0 Å². The standard InChI is InChI=1S/C16H20INO3/c1-20-15(19)16-7-2-8-18(16)10-14(9-16)21-11-12-3-5-13(17)6-4-12/h3-6,14H,2,7-11H2,1H3/t14-,16-/m0/s1. The number of esters is 1. The summed E-state index contributed by atoms with van der Waals surface area (Å²) in [5.41, 5.74) is 0.750. The van der Waals surface area contributed by atoms with Gasteiger partial charge in [-0.1, -0.05) is 12.1 Å².